The lowest BCUT2D eigenvalue weighted by molar-refractivity contribution is 0.256. The molecular formula is C17H12F4N4O2S. The molecule has 1 N–H and O–H groups in total. The molecule has 0 spiro atoms. The molecule has 0 amide bonds. The van der Waals surface area contributed by atoms with Crippen molar-refractivity contribution in [2.24, 2.45) is 5.10 Å². The van der Waals surface area contributed by atoms with Gasteiger partial charge < -0.3 is 9.47 Å². The maximum atomic E-state index is 13.7. The van der Waals surface area contributed by atoms with E-state index < -0.39 is 35.6 Å². The van der Waals surface area contributed by atoms with Gasteiger partial charge in [0.1, 0.15) is 18.7 Å². The highest BCUT2D eigenvalue weighted by molar-refractivity contribution is 7.71. The van der Waals surface area contributed by atoms with Crippen LogP contribution in [0.1, 0.15) is 11.1 Å². The van der Waals surface area contributed by atoms with E-state index >= 15 is 0 Å². The number of aromatic amines is 1. The summed E-state index contributed by atoms with van der Waals surface area (Å²) in [6.45, 7) is -0.410. The van der Waals surface area contributed by atoms with E-state index in [0.29, 0.717) is 16.9 Å². The molecule has 2 aromatic carbocycles. The van der Waals surface area contributed by atoms with Gasteiger partial charge in [-0.3, -0.25) is 5.10 Å². The average Bonchev–Trinajstić information content (AvgIpc) is 3.09. The lowest BCUT2D eigenvalue weighted by Gasteiger charge is -2.12. The minimum absolute atomic E-state index is 0.107. The van der Waals surface area contributed by atoms with Gasteiger partial charge >= 0.3 is 0 Å². The standard InChI is InChI=1S/C17H12F4N4O2S/c1-26-13-3-2-9(6-23-25-8-22-24-17(25)28)4-10(13)7-27-16-14(20)11(18)5-12(19)15(16)21/h2-6,8H,7H2,1H3,(H,24,28)/b23-6+. The Morgan fingerprint density at radius 3 is 2.50 bits per heavy atom. The Labute approximate surface area is 161 Å². The van der Waals surface area contributed by atoms with Crippen LogP contribution >= 0.6 is 12.2 Å². The molecule has 0 radical (unpaired) electrons. The van der Waals surface area contributed by atoms with E-state index in [4.69, 9.17) is 21.7 Å². The molecule has 28 heavy (non-hydrogen) atoms. The summed E-state index contributed by atoms with van der Waals surface area (Å²) < 4.78 is 65.8. The van der Waals surface area contributed by atoms with Gasteiger partial charge in [-0.05, 0) is 36.0 Å². The number of nitrogens with one attached hydrogen (secondary N) is 1. The van der Waals surface area contributed by atoms with Crippen molar-refractivity contribution in [3.8, 4) is 11.5 Å². The third kappa shape index (κ3) is 4.03. The van der Waals surface area contributed by atoms with Gasteiger partial charge in [0.05, 0.1) is 13.3 Å². The molecule has 0 fully saturated rings. The lowest BCUT2D eigenvalue weighted by atomic mass is 10.1. The number of benzene rings is 2. The van der Waals surface area contributed by atoms with E-state index in [1.165, 1.54) is 24.3 Å². The molecule has 0 unspecified atom stereocenters. The first-order valence-corrected chi connectivity index (χ1v) is 8.10. The van der Waals surface area contributed by atoms with Gasteiger partial charge in [-0.1, -0.05) is 0 Å². The number of hydrogen-bond donors (Lipinski definition) is 1. The first-order valence-electron chi connectivity index (χ1n) is 7.69. The monoisotopic (exact) mass is 412 g/mol. The summed E-state index contributed by atoms with van der Waals surface area (Å²) in [5.74, 6) is -7.16. The van der Waals surface area contributed by atoms with Crippen molar-refractivity contribution in [1.82, 2.24) is 14.9 Å². The van der Waals surface area contributed by atoms with Gasteiger partial charge in [-0.15, -0.1) is 0 Å². The number of H-pyrrole nitrogens is 1. The predicted octanol–water partition coefficient (Wildman–Crippen LogP) is 3.97. The Hall–Kier alpha value is -3.21. The third-order valence-electron chi connectivity index (χ3n) is 3.61. The summed E-state index contributed by atoms with van der Waals surface area (Å²) in [6, 6.07) is 4.92. The lowest BCUT2D eigenvalue weighted by Crippen LogP contribution is -2.05. The summed E-state index contributed by atoms with van der Waals surface area (Å²) in [7, 11) is 1.39. The molecule has 6 nitrogen and oxygen atoms in total. The first kappa shape index (κ1) is 19.5. The second-order valence-electron chi connectivity index (χ2n) is 5.41. The van der Waals surface area contributed by atoms with Crippen LogP contribution in [0.15, 0.2) is 35.7 Å². The van der Waals surface area contributed by atoms with Gasteiger partial charge in [-0.2, -0.15) is 23.7 Å². The van der Waals surface area contributed by atoms with E-state index in [1.54, 1.807) is 18.2 Å². The van der Waals surface area contributed by atoms with Crippen LogP contribution in [0, 0.1) is 28.0 Å². The zero-order valence-electron chi connectivity index (χ0n) is 14.2. The van der Waals surface area contributed by atoms with Crippen LogP contribution < -0.4 is 9.47 Å². The number of rotatable bonds is 6. The maximum Gasteiger partial charge on any atom is 0.216 e. The van der Waals surface area contributed by atoms with Gasteiger partial charge in [0.25, 0.3) is 0 Å². The van der Waals surface area contributed by atoms with Crippen LogP contribution in [0.25, 0.3) is 0 Å². The van der Waals surface area contributed by atoms with Crippen LogP contribution in [-0.4, -0.2) is 28.2 Å². The van der Waals surface area contributed by atoms with Gasteiger partial charge in [-0.25, -0.2) is 8.78 Å². The highest BCUT2D eigenvalue weighted by Crippen LogP contribution is 2.28. The second-order valence-corrected chi connectivity index (χ2v) is 5.79. The second kappa shape index (κ2) is 8.21. The van der Waals surface area contributed by atoms with Crippen molar-refractivity contribution >= 4 is 18.4 Å². The fraction of sp³-hybridized carbons (Fsp3) is 0.118. The molecule has 0 aliphatic heterocycles. The molecule has 1 heterocycles. The van der Waals surface area contributed by atoms with Crippen molar-refractivity contribution in [2.75, 3.05) is 7.11 Å². The average molecular weight is 412 g/mol. The van der Waals surface area contributed by atoms with E-state index in [0.717, 1.165) is 0 Å². The number of nitrogens with zero attached hydrogens (tertiary/aromatic N) is 3. The van der Waals surface area contributed by atoms with Crippen LogP contribution in [0.3, 0.4) is 0 Å². The zero-order chi connectivity index (χ0) is 20.3. The van der Waals surface area contributed by atoms with Crippen LogP contribution in [0.4, 0.5) is 17.6 Å². The topological polar surface area (TPSA) is 64.4 Å². The van der Waals surface area contributed by atoms with E-state index in [2.05, 4.69) is 15.3 Å². The van der Waals surface area contributed by atoms with Gasteiger partial charge in [0, 0.05) is 11.6 Å². The fourth-order valence-electron chi connectivity index (χ4n) is 2.27. The fourth-order valence-corrected chi connectivity index (χ4v) is 2.42. The van der Waals surface area contributed by atoms with Crippen LogP contribution in [-0.2, 0) is 6.61 Å². The van der Waals surface area contributed by atoms with Crippen LogP contribution in [0.5, 0.6) is 11.5 Å². The highest BCUT2D eigenvalue weighted by atomic mass is 32.1. The minimum atomic E-state index is -1.62. The number of methoxy groups -OCH3 is 1. The third-order valence-corrected chi connectivity index (χ3v) is 3.89. The van der Waals surface area contributed by atoms with Crippen molar-refractivity contribution in [3.05, 3.63) is 69.8 Å². The molecule has 3 rings (SSSR count). The predicted molar refractivity (Wildman–Crippen MR) is 94.0 cm³/mol. The van der Waals surface area contributed by atoms with Crippen molar-refractivity contribution in [3.63, 3.8) is 0 Å². The summed E-state index contributed by atoms with van der Waals surface area (Å²) >= 11 is 4.97. The molecule has 0 aliphatic rings. The molecule has 1 aromatic heterocycles. The van der Waals surface area contributed by atoms with Crippen molar-refractivity contribution in [2.45, 2.75) is 6.61 Å². The summed E-state index contributed by atoms with van der Waals surface area (Å²) in [5, 5.41) is 10.4. The van der Waals surface area contributed by atoms with Crippen molar-refractivity contribution in [1.29, 1.82) is 0 Å². The Kier molecular flexibility index (Phi) is 5.73. The molecule has 0 saturated carbocycles. The van der Waals surface area contributed by atoms with E-state index in [1.807, 2.05) is 0 Å². The summed E-state index contributed by atoms with van der Waals surface area (Å²) in [5.41, 5.74) is 0.944. The highest BCUT2D eigenvalue weighted by Gasteiger charge is 2.21. The molecule has 0 aliphatic carbocycles. The number of halogens is 4. The Morgan fingerprint density at radius 2 is 1.89 bits per heavy atom. The number of ether oxygens (including phenoxy) is 2. The largest absolute Gasteiger partial charge is 0.496 e. The molecule has 0 atom stereocenters. The first-order chi connectivity index (χ1) is 13.4. The van der Waals surface area contributed by atoms with E-state index in [-0.39, 0.29) is 10.8 Å². The Bertz CT molecular complexity index is 1070. The minimum Gasteiger partial charge on any atom is -0.496 e. The number of hydrogen-bond acceptors (Lipinski definition) is 5. The molecule has 146 valence electrons. The number of aromatic nitrogens is 3. The molecule has 3 aromatic rings. The SMILES string of the molecule is COc1ccc(/C=N/n2cn[nH]c2=S)cc1COc1c(F)c(F)cc(F)c1F. The maximum absolute atomic E-state index is 13.7. The smallest absolute Gasteiger partial charge is 0.216 e. The summed E-state index contributed by atoms with van der Waals surface area (Å²) in [6.07, 6.45) is 2.83. The Balaban J connectivity index is 1.87. The van der Waals surface area contributed by atoms with E-state index in [9.17, 15) is 17.6 Å². The molecule has 0 saturated heterocycles. The molecule has 11 heteroatoms. The zero-order valence-corrected chi connectivity index (χ0v) is 15.1. The summed E-state index contributed by atoms with van der Waals surface area (Å²) in [4.78, 5) is 0. The molecule has 0 bridgehead atoms. The van der Waals surface area contributed by atoms with Gasteiger partial charge in [0.15, 0.2) is 17.4 Å². The normalized spacial score (nSPS) is 11.2. The van der Waals surface area contributed by atoms with Gasteiger partial charge in [0.2, 0.25) is 16.4 Å². The van der Waals surface area contributed by atoms with Crippen LogP contribution in [0.2, 0.25) is 0 Å². The molecular weight excluding hydrogens is 400 g/mol. The quantitative estimate of drug-likeness (QED) is 0.288. The van der Waals surface area contributed by atoms with Crippen molar-refractivity contribution < 1.29 is 27.0 Å². The Morgan fingerprint density at radius 1 is 1.18 bits per heavy atom.